The van der Waals surface area contributed by atoms with Crippen LogP contribution in [0, 0.1) is 0 Å². The number of hydrogen-bond donors (Lipinski definition) is 0. The normalized spacial score (nSPS) is 11.2. The second-order valence-electron chi connectivity index (χ2n) is 5.94. The molecule has 2 aromatic carbocycles. The van der Waals surface area contributed by atoms with E-state index in [1.54, 1.807) is 0 Å². The Hall–Kier alpha value is -2.81. The highest BCUT2D eigenvalue weighted by atomic mass is 16.5. The summed E-state index contributed by atoms with van der Waals surface area (Å²) in [7, 11) is 0. The van der Waals surface area contributed by atoms with Crippen LogP contribution in [0.1, 0.15) is 13.8 Å². The molecule has 0 spiro atoms. The van der Waals surface area contributed by atoms with Gasteiger partial charge in [0.1, 0.15) is 5.69 Å². The lowest BCUT2D eigenvalue weighted by Crippen LogP contribution is -2.21. The van der Waals surface area contributed by atoms with Crippen molar-refractivity contribution in [1.29, 1.82) is 0 Å². The third-order valence-corrected chi connectivity index (χ3v) is 4.62. The van der Waals surface area contributed by atoms with Gasteiger partial charge >= 0.3 is 0 Å². The number of fused-ring (bicyclic) bond motifs is 3. The lowest BCUT2D eigenvalue weighted by atomic mass is 10.1. The standard InChI is InChI=1S/C21H20N2O/c1-3-23(4-2)17-11-9-15(10-12-17)16-13-19-18-7-5-6-8-21(18)24-22-20(19)14-16/h5-14H,3-4H2,1-2H3. The number of hydrogen-bond acceptors (Lipinski definition) is 3. The summed E-state index contributed by atoms with van der Waals surface area (Å²) in [6.07, 6.45) is 0. The van der Waals surface area contributed by atoms with Crippen LogP contribution in [-0.4, -0.2) is 18.2 Å². The molecule has 0 aromatic heterocycles. The Kier molecular flexibility index (Phi) is 3.69. The van der Waals surface area contributed by atoms with Crippen molar-refractivity contribution >= 4 is 16.7 Å². The molecule has 2 aromatic rings. The van der Waals surface area contributed by atoms with Gasteiger partial charge in [0.15, 0.2) is 5.58 Å². The highest BCUT2D eigenvalue weighted by molar-refractivity contribution is 5.96. The summed E-state index contributed by atoms with van der Waals surface area (Å²) < 4.78 is 5.50. The first-order chi connectivity index (χ1) is 11.8. The molecule has 0 unspecified atom stereocenters. The van der Waals surface area contributed by atoms with Gasteiger partial charge in [-0.1, -0.05) is 35.5 Å². The summed E-state index contributed by atoms with van der Waals surface area (Å²) in [5.41, 5.74) is 6.50. The van der Waals surface area contributed by atoms with E-state index in [0.717, 1.165) is 35.3 Å². The van der Waals surface area contributed by atoms with E-state index in [1.165, 1.54) is 16.8 Å². The van der Waals surface area contributed by atoms with Gasteiger partial charge in [-0.3, -0.25) is 0 Å². The molecule has 3 nitrogen and oxygen atoms in total. The average Bonchev–Trinajstić information content (AvgIpc) is 3.08. The van der Waals surface area contributed by atoms with Gasteiger partial charge in [-0.25, -0.2) is 0 Å². The number of aromatic nitrogens is 1. The molecular formula is C21H20N2O. The Balaban J connectivity index is 1.77. The van der Waals surface area contributed by atoms with Crippen molar-refractivity contribution in [2.45, 2.75) is 13.8 Å². The fourth-order valence-electron chi connectivity index (χ4n) is 3.27. The minimum absolute atomic E-state index is 0.819. The van der Waals surface area contributed by atoms with E-state index >= 15 is 0 Å². The second kappa shape index (κ2) is 6.00. The largest absolute Gasteiger partial charge is 0.372 e. The highest BCUT2D eigenvalue weighted by Gasteiger charge is 2.14. The van der Waals surface area contributed by atoms with E-state index in [-0.39, 0.29) is 0 Å². The van der Waals surface area contributed by atoms with Crippen molar-refractivity contribution in [2.24, 2.45) is 0 Å². The molecule has 1 aliphatic carbocycles. The number of benzene rings is 2. The van der Waals surface area contributed by atoms with Gasteiger partial charge in [-0.15, -0.1) is 0 Å². The lowest BCUT2D eigenvalue weighted by molar-refractivity contribution is 0.446. The second-order valence-corrected chi connectivity index (χ2v) is 5.94. The average molecular weight is 316 g/mol. The van der Waals surface area contributed by atoms with Gasteiger partial charge in [0.05, 0.1) is 0 Å². The first-order valence-corrected chi connectivity index (χ1v) is 8.43. The fraction of sp³-hybridized carbons (Fsp3) is 0.190. The summed E-state index contributed by atoms with van der Waals surface area (Å²) >= 11 is 0. The molecule has 24 heavy (non-hydrogen) atoms. The van der Waals surface area contributed by atoms with Crippen LogP contribution in [0.25, 0.3) is 33.4 Å². The number of rotatable bonds is 4. The zero-order valence-corrected chi connectivity index (χ0v) is 14.0. The quantitative estimate of drug-likeness (QED) is 0.501. The van der Waals surface area contributed by atoms with E-state index in [4.69, 9.17) is 4.52 Å². The fourth-order valence-corrected chi connectivity index (χ4v) is 3.27. The van der Waals surface area contributed by atoms with E-state index in [0.29, 0.717) is 0 Å². The van der Waals surface area contributed by atoms with Gasteiger partial charge in [-0.2, -0.15) is 0 Å². The van der Waals surface area contributed by atoms with Crippen molar-refractivity contribution in [1.82, 2.24) is 5.16 Å². The maximum Gasteiger partial charge on any atom is 0.165 e. The molecule has 0 fully saturated rings. The maximum atomic E-state index is 5.50. The Morgan fingerprint density at radius 2 is 1.62 bits per heavy atom. The first kappa shape index (κ1) is 14.8. The minimum atomic E-state index is 0.819. The lowest BCUT2D eigenvalue weighted by Gasteiger charge is -2.21. The molecule has 0 atom stereocenters. The molecule has 0 N–H and O–H groups in total. The van der Waals surface area contributed by atoms with Crippen LogP contribution in [0.3, 0.4) is 0 Å². The summed E-state index contributed by atoms with van der Waals surface area (Å²) in [6.45, 7) is 6.41. The van der Waals surface area contributed by atoms with Gasteiger partial charge in [0.25, 0.3) is 0 Å². The van der Waals surface area contributed by atoms with Crippen molar-refractivity contribution < 1.29 is 4.52 Å². The SMILES string of the molecule is CCN(CC)c1ccc(-c2cc3noc4ccccc4c-3c2)cc1. The third kappa shape index (κ3) is 2.42. The summed E-state index contributed by atoms with van der Waals surface area (Å²) in [4.78, 5) is 2.35. The highest BCUT2D eigenvalue weighted by Crippen LogP contribution is 2.36. The van der Waals surface area contributed by atoms with Crippen LogP contribution in [0.15, 0.2) is 65.2 Å². The molecule has 1 aliphatic heterocycles. The minimum Gasteiger partial charge on any atom is -0.372 e. The molecule has 4 rings (SSSR count). The molecule has 0 radical (unpaired) electrons. The van der Waals surface area contributed by atoms with Crippen LogP contribution < -0.4 is 4.90 Å². The first-order valence-electron chi connectivity index (χ1n) is 8.43. The number of para-hydroxylation sites is 1. The Bertz CT molecular complexity index is 936. The maximum absolute atomic E-state index is 5.50. The Morgan fingerprint density at radius 1 is 0.875 bits per heavy atom. The van der Waals surface area contributed by atoms with Crippen molar-refractivity contribution in [3.8, 4) is 22.4 Å². The Labute approximate surface area is 141 Å². The van der Waals surface area contributed by atoms with E-state index in [1.807, 2.05) is 18.2 Å². The van der Waals surface area contributed by atoms with Crippen molar-refractivity contribution in [2.75, 3.05) is 18.0 Å². The monoisotopic (exact) mass is 316 g/mol. The molecule has 1 heterocycles. The molecule has 120 valence electrons. The van der Waals surface area contributed by atoms with Crippen LogP contribution in [0.2, 0.25) is 0 Å². The van der Waals surface area contributed by atoms with E-state index in [9.17, 15) is 0 Å². The molecule has 2 aliphatic rings. The van der Waals surface area contributed by atoms with Gasteiger partial charge in [0, 0.05) is 29.7 Å². The van der Waals surface area contributed by atoms with Crippen LogP contribution >= 0.6 is 0 Å². The summed E-state index contributed by atoms with van der Waals surface area (Å²) in [5.74, 6) is 0. The molecule has 0 amide bonds. The predicted molar refractivity (Wildman–Crippen MR) is 99.6 cm³/mol. The van der Waals surface area contributed by atoms with Gasteiger partial charge in [-0.05, 0) is 55.3 Å². The Morgan fingerprint density at radius 3 is 2.38 bits per heavy atom. The third-order valence-electron chi connectivity index (χ3n) is 4.62. The van der Waals surface area contributed by atoms with Crippen LogP contribution in [0.5, 0.6) is 0 Å². The molecular weight excluding hydrogens is 296 g/mol. The van der Waals surface area contributed by atoms with Crippen molar-refractivity contribution in [3.63, 3.8) is 0 Å². The molecule has 0 saturated heterocycles. The zero-order valence-electron chi connectivity index (χ0n) is 14.0. The van der Waals surface area contributed by atoms with Crippen LogP contribution in [0.4, 0.5) is 5.69 Å². The molecule has 0 saturated carbocycles. The van der Waals surface area contributed by atoms with Crippen LogP contribution in [-0.2, 0) is 0 Å². The zero-order chi connectivity index (χ0) is 16.5. The summed E-state index contributed by atoms with van der Waals surface area (Å²) in [6, 6.07) is 21.1. The van der Waals surface area contributed by atoms with Crippen molar-refractivity contribution in [3.05, 3.63) is 60.7 Å². The van der Waals surface area contributed by atoms with E-state index in [2.05, 4.69) is 66.4 Å². The smallest absolute Gasteiger partial charge is 0.165 e. The van der Waals surface area contributed by atoms with Gasteiger partial charge in [0.2, 0.25) is 0 Å². The molecule has 0 bridgehead atoms. The number of anilines is 1. The topological polar surface area (TPSA) is 29.3 Å². The number of nitrogens with zero attached hydrogens (tertiary/aromatic N) is 2. The predicted octanol–water partition coefficient (Wildman–Crippen LogP) is 5.45. The molecule has 3 heteroatoms. The van der Waals surface area contributed by atoms with E-state index < -0.39 is 0 Å². The van der Waals surface area contributed by atoms with Gasteiger partial charge < -0.3 is 9.42 Å². The summed E-state index contributed by atoms with van der Waals surface area (Å²) in [5, 5.41) is 5.35.